The highest BCUT2D eigenvalue weighted by molar-refractivity contribution is 5.98. The van der Waals surface area contributed by atoms with Gasteiger partial charge in [-0.3, -0.25) is 14.3 Å². The van der Waals surface area contributed by atoms with Gasteiger partial charge in [0.25, 0.3) is 5.91 Å². The number of aryl methyl sites for hydroxylation is 1. The van der Waals surface area contributed by atoms with Gasteiger partial charge < -0.3 is 20.9 Å². The largest absolute Gasteiger partial charge is 0.489 e. The van der Waals surface area contributed by atoms with Gasteiger partial charge >= 0.3 is 6.18 Å². The predicted octanol–water partition coefficient (Wildman–Crippen LogP) is 3.23. The van der Waals surface area contributed by atoms with Gasteiger partial charge in [0.15, 0.2) is 5.82 Å². The molecule has 4 N–H and O–H groups in total. The number of alkyl halides is 3. The van der Waals surface area contributed by atoms with Crippen molar-refractivity contribution in [2.24, 2.45) is 12.8 Å². The van der Waals surface area contributed by atoms with E-state index in [1.54, 1.807) is 0 Å². The first kappa shape index (κ1) is 28.0. The number of nitrogens with one attached hydrogen (secondary N) is 1. The van der Waals surface area contributed by atoms with Crippen molar-refractivity contribution in [2.75, 3.05) is 13.2 Å². The van der Waals surface area contributed by atoms with Gasteiger partial charge in [-0.05, 0) is 49.4 Å². The molecule has 0 aliphatic carbocycles. The number of nitrogens with two attached hydrogens (primary N) is 1. The van der Waals surface area contributed by atoms with E-state index in [0.717, 1.165) is 24.3 Å². The van der Waals surface area contributed by atoms with Gasteiger partial charge in [0.1, 0.15) is 34.8 Å². The second-order valence-corrected chi connectivity index (χ2v) is 9.96. The maximum atomic E-state index is 14.5. The molecule has 0 saturated heterocycles. The highest BCUT2D eigenvalue weighted by atomic mass is 19.4. The number of hydrogen-bond donors (Lipinski definition) is 3. The van der Waals surface area contributed by atoms with E-state index in [1.807, 2.05) is 5.32 Å². The quantitative estimate of drug-likeness (QED) is 0.303. The summed E-state index contributed by atoms with van der Waals surface area (Å²) in [7, 11) is 1.53. The molecular weight excluding hydrogens is 553 g/mol. The maximum Gasteiger partial charge on any atom is 0.424 e. The lowest BCUT2D eigenvalue weighted by Gasteiger charge is -2.31. The lowest BCUT2D eigenvalue weighted by Crippen LogP contribution is -2.51. The molecule has 214 valence electrons. The number of pyridine rings is 1. The molecule has 1 aliphatic heterocycles. The zero-order chi connectivity index (χ0) is 29.9. The Morgan fingerprint density at radius 3 is 2.49 bits per heavy atom. The van der Waals surface area contributed by atoms with Gasteiger partial charge in [-0.15, -0.1) is 0 Å². The lowest BCUT2D eigenvalue weighted by molar-refractivity contribution is -0.265. The van der Waals surface area contributed by atoms with Crippen LogP contribution in [-0.2, 0) is 22.9 Å². The summed E-state index contributed by atoms with van der Waals surface area (Å²) in [6, 6.07) is 7.47. The molecule has 3 heterocycles. The zero-order valence-corrected chi connectivity index (χ0v) is 21.5. The van der Waals surface area contributed by atoms with Gasteiger partial charge in [0.2, 0.25) is 11.5 Å². The third-order valence-corrected chi connectivity index (χ3v) is 7.07. The number of fused-ring (bicyclic) bond motifs is 2. The number of carbonyl (C=O) groups excluding carboxylic acids is 2. The highest BCUT2D eigenvalue weighted by Crippen LogP contribution is 2.47. The number of aliphatic hydroxyl groups is 1. The van der Waals surface area contributed by atoms with Crippen LogP contribution in [0.1, 0.15) is 28.5 Å². The first-order valence-corrected chi connectivity index (χ1v) is 12.1. The minimum Gasteiger partial charge on any atom is -0.489 e. The third-order valence-electron chi connectivity index (χ3n) is 7.07. The Morgan fingerprint density at radius 1 is 1.17 bits per heavy atom. The molecule has 4 aromatic rings. The average molecular weight is 575 g/mol. The van der Waals surface area contributed by atoms with Gasteiger partial charge in [0.05, 0.1) is 12.2 Å². The Bertz CT molecular complexity index is 1710. The number of carbonyl (C=O) groups is 2. The van der Waals surface area contributed by atoms with Gasteiger partial charge in [-0.2, -0.15) is 18.3 Å². The molecule has 0 unspecified atom stereocenters. The topological polar surface area (TPSA) is 132 Å². The number of rotatable bonds is 6. The number of aromatic nitrogens is 3. The van der Waals surface area contributed by atoms with E-state index in [0.29, 0.717) is 0 Å². The summed E-state index contributed by atoms with van der Waals surface area (Å²) in [4.78, 5) is 29.2. The molecule has 2 aromatic heterocycles. The number of nitrogens with zero attached hydrogens (tertiary/aromatic N) is 3. The molecule has 0 spiro atoms. The van der Waals surface area contributed by atoms with Crippen LogP contribution in [0.2, 0.25) is 0 Å². The van der Waals surface area contributed by atoms with Crippen molar-refractivity contribution in [1.29, 1.82) is 0 Å². The number of primary amides is 1. The van der Waals surface area contributed by atoms with E-state index in [9.17, 15) is 36.6 Å². The summed E-state index contributed by atoms with van der Waals surface area (Å²) >= 11 is 0. The van der Waals surface area contributed by atoms with Crippen molar-refractivity contribution < 1.29 is 41.4 Å². The predicted molar refractivity (Wildman–Crippen MR) is 135 cm³/mol. The van der Waals surface area contributed by atoms with E-state index in [4.69, 9.17) is 10.5 Å². The molecule has 9 nitrogen and oxygen atoms in total. The molecule has 0 fully saturated rings. The fourth-order valence-corrected chi connectivity index (χ4v) is 4.59. The number of benzene rings is 2. The summed E-state index contributed by atoms with van der Waals surface area (Å²) in [6.07, 6.45) is -3.98. The van der Waals surface area contributed by atoms with E-state index in [-0.39, 0.29) is 45.6 Å². The SMILES string of the molecule is Cn1cc2cc(C(=O)NC[C@](O)(c3cc4c(c(-c5ccc(F)cc5)n3)OC[C@]4(C)C(N)=O)C(F)(F)F)cc(F)c2n1. The summed E-state index contributed by atoms with van der Waals surface area (Å²) in [5.41, 5.74) is -1.30. The standard InChI is InChI=1S/C27H22F5N5O4/c1-25(24(33)39)12-41-22-17(25)9-19(35-21(22)13-3-5-16(28)6-4-13)26(40,27(30,31)32)11-34-23(38)14-7-15-10-37(2)36-20(15)18(29)8-14/h3-10,40H,11-12H2,1-2H3,(H2,33,39)(H,34,38)/t25-,26-/m0/s1. The van der Waals surface area contributed by atoms with Crippen molar-refractivity contribution >= 4 is 22.7 Å². The minimum absolute atomic E-state index is 0.0359. The van der Waals surface area contributed by atoms with Crippen LogP contribution in [0, 0.1) is 11.6 Å². The molecule has 0 radical (unpaired) electrons. The molecule has 41 heavy (non-hydrogen) atoms. The van der Waals surface area contributed by atoms with Crippen molar-refractivity contribution in [2.45, 2.75) is 24.1 Å². The summed E-state index contributed by atoms with van der Waals surface area (Å²) in [5.74, 6) is -3.57. The van der Waals surface area contributed by atoms with Crippen LogP contribution in [-0.4, -0.2) is 51.0 Å². The number of ether oxygens (including phenoxy) is 1. The molecular formula is C27H22F5N5O4. The van der Waals surface area contributed by atoms with Crippen molar-refractivity contribution in [3.8, 4) is 17.0 Å². The summed E-state index contributed by atoms with van der Waals surface area (Å²) in [5, 5.41) is 17.2. The molecule has 2 atom stereocenters. The van der Waals surface area contributed by atoms with Crippen molar-refractivity contribution in [3.05, 3.63) is 77.1 Å². The number of amides is 2. The Kier molecular flexibility index (Phi) is 6.48. The van der Waals surface area contributed by atoms with E-state index in [1.165, 1.54) is 43.0 Å². The third kappa shape index (κ3) is 4.63. The van der Waals surface area contributed by atoms with Gasteiger partial charge in [-0.25, -0.2) is 13.8 Å². The van der Waals surface area contributed by atoms with Crippen LogP contribution >= 0.6 is 0 Å². The van der Waals surface area contributed by atoms with Crippen molar-refractivity contribution in [3.63, 3.8) is 0 Å². The van der Waals surface area contributed by atoms with Crippen LogP contribution < -0.4 is 15.8 Å². The lowest BCUT2D eigenvalue weighted by atomic mass is 9.81. The van der Waals surface area contributed by atoms with E-state index in [2.05, 4.69) is 10.1 Å². The Balaban J connectivity index is 1.59. The van der Waals surface area contributed by atoms with E-state index < -0.39 is 52.9 Å². The summed E-state index contributed by atoms with van der Waals surface area (Å²) in [6.45, 7) is -0.387. The first-order valence-electron chi connectivity index (χ1n) is 12.1. The monoisotopic (exact) mass is 575 g/mol. The van der Waals surface area contributed by atoms with Crippen molar-refractivity contribution in [1.82, 2.24) is 20.1 Å². The first-order chi connectivity index (χ1) is 19.1. The zero-order valence-electron chi connectivity index (χ0n) is 21.5. The number of halogens is 5. The summed E-state index contributed by atoms with van der Waals surface area (Å²) < 4.78 is 78.6. The maximum absolute atomic E-state index is 14.5. The normalized spacial score (nSPS) is 18.0. The van der Waals surface area contributed by atoms with Crippen LogP contribution in [0.25, 0.3) is 22.2 Å². The molecule has 2 amide bonds. The highest BCUT2D eigenvalue weighted by Gasteiger charge is 2.57. The molecule has 0 bridgehead atoms. The van der Waals surface area contributed by atoms with Crippen LogP contribution in [0.15, 0.2) is 48.7 Å². The van der Waals surface area contributed by atoms with Gasteiger partial charge in [0, 0.05) is 35.3 Å². The van der Waals surface area contributed by atoms with Crippen LogP contribution in [0.3, 0.4) is 0 Å². The second kappa shape index (κ2) is 9.51. The smallest absolute Gasteiger partial charge is 0.424 e. The Labute approximate surface area is 228 Å². The Morgan fingerprint density at radius 2 is 1.85 bits per heavy atom. The molecule has 2 aromatic carbocycles. The fourth-order valence-electron chi connectivity index (χ4n) is 4.59. The fraction of sp³-hybridized carbons (Fsp3) is 0.259. The molecule has 0 saturated carbocycles. The van der Waals surface area contributed by atoms with Gasteiger partial charge in [-0.1, -0.05) is 0 Å². The molecule has 5 rings (SSSR count). The average Bonchev–Trinajstić information content (AvgIpc) is 3.46. The minimum atomic E-state index is -5.40. The number of hydrogen-bond acceptors (Lipinski definition) is 6. The van der Waals surface area contributed by atoms with Crippen LogP contribution in [0.4, 0.5) is 22.0 Å². The molecule has 1 aliphatic rings. The Hall–Kier alpha value is -4.59. The second-order valence-electron chi connectivity index (χ2n) is 9.96. The van der Waals surface area contributed by atoms with Crippen LogP contribution in [0.5, 0.6) is 5.75 Å². The molecule has 14 heteroatoms. The van der Waals surface area contributed by atoms with E-state index >= 15 is 0 Å².